The molecule has 0 radical (unpaired) electrons. The fourth-order valence-corrected chi connectivity index (χ4v) is 4.21. The van der Waals surface area contributed by atoms with E-state index in [9.17, 15) is 4.79 Å². The monoisotopic (exact) mass is 340 g/mol. The molecule has 1 aromatic heterocycles. The number of benzene rings is 1. The minimum absolute atomic E-state index is 0.103. The van der Waals surface area contributed by atoms with Crippen molar-refractivity contribution in [3.8, 4) is 0 Å². The quantitative estimate of drug-likeness (QED) is 0.635. The number of fused-ring (bicyclic) bond motifs is 1. The highest BCUT2D eigenvalue weighted by molar-refractivity contribution is 7.14. The molecule has 24 heavy (non-hydrogen) atoms. The van der Waals surface area contributed by atoms with Crippen molar-refractivity contribution < 1.29 is 4.79 Å². The van der Waals surface area contributed by atoms with E-state index in [4.69, 9.17) is 0 Å². The van der Waals surface area contributed by atoms with Crippen LogP contribution in [0, 0.1) is 12.8 Å². The van der Waals surface area contributed by atoms with E-state index in [1.54, 1.807) is 11.3 Å². The van der Waals surface area contributed by atoms with Gasteiger partial charge in [-0.15, -0.1) is 11.3 Å². The average molecular weight is 340 g/mol. The van der Waals surface area contributed by atoms with Crippen molar-refractivity contribution in [3.63, 3.8) is 0 Å². The van der Waals surface area contributed by atoms with Gasteiger partial charge >= 0.3 is 0 Å². The first-order valence-corrected chi connectivity index (χ1v) is 9.41. The van der Waals surface area contributed by atoms with Gasteiger partial charge in [-0.3, -0.25) is 4.79 Å². The van der Waals surface area contributed by atoms with Gasteiger partial charge in [0.05, 0.1) is 10.6 Å². The van der Waals surface area contributed by atoms with E-state index in [-0.39, 0.29) is 5.91 Å². The number of hydrogen-bond donors (Lipinski definition) is 1. The Morgan fingerprint density at radius 3 is 2.79 bits per heavy atom. The average Bonchev–Trinajstić information content (AvgIpc) is 3.03. The van der Waals surface area contributed by atoms with Crippen molar-refractivity contribution >= 4 is 23.0 Å². The van der Waals surface area contributed by atoms with Gasteiger partial charge in [-0.1, -0.05) is 43.2 Å². The van der Waals surface area contributed by atoms with Crippen LogP contribution in [0.5, 0.6) is 0 Å². The van der Waals surface area contributed by atoms with Crippen molar-refractivity contribution in [1.29, 1.82) is 0 Å². The molecule has 2 aromatic rings. The summed E-state index contributed by atoms with van der Waals surface area (Å²) in [5, 5.41) is 4.26. The van der Waals surface area contributed by atoms with E-state index in [2.05, 4.69) is 30.4 Å². The SMILES string of the molecule is CC[C@H]1CCc2sc(C(=O)N/N=C(/C)c3ccc(C)cc3)cc2C1. The number of nitrogens with one attached hydrogen (secondary N) is 1. The standard InChI is InChI=1S/C20H24N2OS/c1-4-15-7-10-18-17(11-15)12-19(24-18)20(23)22-21-14(3)16-8-5-13(2)6-9-16/h5-6,8-9,12,15H,4,7,10-11H2,1-3H3,(H,22,23)/b21-14-/t15-/m0/s1. The highest BCUT2D eigenvalue weighted by Gasteiger charge is 2.21. The van der Waals surface area contributed by atoms with Gasteiger partial charge in [0, 0.05) is 4.88 Å². The van der Waals surface area contributed by atoms with E-state index in [0.717, 1.165) is 34.9 Å². The first-order chi connectivity index (χ1) is 11.6. The van der Waals surface area contributed by atoms with Crippen LogP contribution in [0.1, 0.15) is 57.9 Å². The van der Waals surface area contributed by atoms with E-state index in [0.29, 0.717) is 0 Å². The Morgan fingerprint density at radius 1 is 1.33 bits per heavy atom. The van der Waals surface area contributed by atoms with Crippen LogP contribution < -0.4 is 5.43 Å². The minimum Gasteiger partial charge on any atom is -0.266 e. The van der Waals surface area contributed by atoms with Crippen LogP contribution in [0.4, 0.5) is 0 Å². The van der Waals surface area contributed by atoms with Crippen molar-refractivity contribution in [3.05, 3.63) is 56.8 Å². The topological polar surface area (TPSA) is 41.5 Å². The van der Waals surface area contributed by atoms with Crippen LogP contribution in [0.15, 0.2) is 35.4 Å². The lowest BCUT2D eigenvalue weighted by molar-refractivity contribution is 0.0959. The van der Waals surface area contributed by atoms with Gasteiger partial charge < -0.3 is 0 Å². The molecule has 0 saturated carbocycles. The Bertz CT molecular complexity index is 758. The number of carbonyl (C=O) groups excluding carboxylic acids is 1. The van der Waals surface area contributed by atoms with Crippen molar-refractivity contribution in [2.24, 2.45) is 11.0 Å². The maximum Gasteiger partial charge on any atom is 0.281 e. The molecule has 0 fully saturated rings. The Labute approximate surface area is 147 Å². The van der Waals surface area contributed by atoms with Crippen LogP contribution in [-0.2, 0) is 12.8 Å². The van der Waals surface area contributed by atoms with Crippen LogP contribution >= 0.6 is 11.3 Å². The summed E-state index contributed by atoms with van der Waals surface area (Å²) in [6, 6.07) is 10.2. The van der Waals surface area contributed by atoms with Crippen molar-refractivity contribution in [2.45, 2.75) is 46.5 Å². The molecule has 0 unspecified atom stereocenters. The maximum atomic E-state index is 12.4. The number of amides is 1. The third-order valence-corrected chi connectivity index (χ3v) is 6.02. The molecule has 126 valence electrons. The van der Waals surface area contributed by atoms with Crippen molar-refractivity contribution in [1.82, 2.24) is 5.43 Å². The van der Waals surface area contributed by atoms with E-state index in [1.807, 2.05) is 31.2 Å². The predicted octanol–water partition coefficient (Wildman–Crippen LogP) is 4.73. The highest BCUT2D eigenvalue weighted by atomic mass is 32.1. The largest absolute Gasteiger partial charge is 0.281 e. The fraction of sp³-hybridized carbons (Fsp3) is 0.400. The zero-order valence-electron chi connectivity index (χ0n) is 14.6. The van der Waals surface area contributed by atoms with Crippen molar-refractivity contribution in [2.75, 3.05) is 0 Å². The van der Waals surface area contributed by atoms with Gasteiger partial charge in [0.15, 0.2) is 0 Å². The first-order valence-electron chi connectivity index (χ1n) is 8.60. The highest BCUT2D eigenvalue weighted by Crippen LogP contribution is 2.33. The molecule has 3 nitrogen and oxygen atoms in total. The molecule has 0 saturated heterocycles. The number of hydrogen-bond acceptors (Lipinski definition) is 3. The summed E-state index contributed by atoms with van der Waals surface area (Å²) < 4.78 is 0. The fourth-order valence-electron chi connectivity index (χ4n) is 3.11. The number of rotatable bonds is 4. The van der Waals surface area contributed by atoms with Crippen LogP contribution in [0.3, 0.4) is 0 Å². The van der Waals surface area contributed by atoms with Gasteiger partial charge in [0.2, 0.25) is 0 Å². The molecular formula is C20H24N2OS. The first kappa shape index (κ1) is 16.9. The molecule has 1 amide bonds. The minimum atomic E-state index is -0.103. The zero-order chi connectivity index (χ0) is 17.1. The molecule has 1 aliphatic rings. The Kier molecular flexibility index (Phi) is 5.14. The molecule has 3 rings (SSSR count). The van der Waals surface area contributed by atoms with Gasteiger partial charge in [0.25, 0.3) is 5.91 Å². The molecular weight excluding hydrogens is 316 g/mol. The molecule has 1 aliphatic carbocycles. The molecule has 0 aliphatic heterocycles. The summed E-state index contributed by atoms with van der Waals surface area (Å²) in [4.78, 5) is 14.5. The predicted molar refractivity (Wildman–Crippen MR) is 101 cm³/mol. The Balaban J connectivity index is 1.68. The zero-order valence-corrected chi connectivity index (χ0v) is 15.4. The third-order valence-electron chi connectivity index (χ3n) is 4.78. The van der Waals surface area contributed by atoms with E-state index < -0.39 is 0 Å². The van der Waals surface area contributed by atoms with E-state index in [1.165, 1.54) is 28.8 Å². The number of carbonyl (C=O) groups is 1. The molecule has 4 heteroatoms. The maximum absolute atomic E-state index is 12.4. The summed E-state index contributed by atoms with van der Waals surface area (Å²) in [6.07, 6.45) is 4.69. The van der Waals surface area contributed by atoms with E-state index >= 15 is 0 Å². The number of aryl methyl sites for hydroxylation is 2. The molecule has 1 atom stereocenters. The normalized spacial score (nSPS) is 17.5. The van der Waals surface area contributed by atoms with Gasteiger partial charge in [-0.2, -0.15) is 5.10 Å². The van der Waals surface area contributed by atoms with Crippen LogP contribution in [0.2, 0.25) is 0 Å². The van der Waals surface area contributed by atoms with Gasteiger partial charge in [0.1, 0.15) is 0 Å². The third kappa shape index (κ3) is 3.75. The lowest BCUT2D eigenvalue weighted by Crippen LogP contribution is -2.18. The second-order valence-corrected chi connectivity index (χ2v) is 7.72. The number of hydrazone groups is 1. The molecule has 1 aromatic carbocycles. The summed E-state index contributed by atoms with van der Waals surface area (Å²) >= 11 is 1.62. The number of nitrogens with zero attached hydrogens (tertiary/aromatic N) is 1. The van der Waals surface area contributed by atoms with Crippen LogP contribution in [0.25, 0.3) is 0 Å². The number of thiophene rings is 1. The van der Waals surface area contributed by atoms with Gasteiger partial charge in [-0.25, -0.2) is 5.43 Å². The molecule has 0 bridgehead atoms. The lowest BCUT2D eigenvalue weighted by atomic mass is 9.87. The Morgan fingerprint density at radius 2 is 2.08 bits per heavy atom. The Hall–Kier alpha value is -1.94. The summed E-state index contributed by atoms with van der Waals surface area (Å²) in [7, 11) is 0. The smallest absolute Gasteiger partial charge is 0.266 e. The summed E-state index contributed by atoms with van der Waals surface area (Å²) in [5.41, 5.74) is 7.12. The second-order valence-electron chi connectivity index (χ2n) is 6.58. The lowest BCUT2D eigenvalue weighted by Gasteiger charge is -2.19. The summed E-state index contributed by atoms with van der Waals surface area (Å²) in [5.74, 6) is 0.665. The molecule has 1 heterocycles. The summed E-state index contributed by atoms with van der Waals surface area (Å²) in [6.45, 7) is 6.22. The molecule has 0 spiro atoms. The second kappa shape index (κ2) is 7.31. The molecule has 1 N–H and O–H groups in total. The van der Waals surface area contributed by atoms with Gasteiger partial charge in [-0.05, 0) is 56.2 Å². The van der Waals surface area contributed by atoms with Crippen LogP contribution in [-0.4, -0.2) is 11.6 Å².